The van der Waals surface area contributed by atoms with E-state index in [1.807, 2.05) is 39.0 Å². The first kappa shape index (κ1) is 14.8. The first-order chi connectivity index (χ1) is 9.61. The number of thiazole rings is 1. The SMILES string of the molecule is CCOc1cc(C(N)c2cncs2)ccc1OC(C)C. The number of hydrogen-bond acceptors (Lipinski definition) is 5. The largest absolute Gasteiger partial charge is 0.490 e. The average molecular weight is 292 g/mol. The van der Waals surface area contributed by atoms with Crippen molar-refractivity contribution in [3.8, 4) is 11.5 Å². The van der Waals surface area contributed by atoms with E-state index < -0.39 is 0 Å². The van der Waals surface area contributed by atoms with E-state index in [1.54, 1.807) is 23.0 Å². The van der Waals surface area contributed by atoms with Crippen LogP contribution in [0.5, 0.6) is 11.5 Å². The molecule has 0 aliphatic carbocycles. The van der Waals surface area contributed by atoms with Gasteiger partial charge in [0.2, 0.25) is 0 Å². The fraction of sp³-hybridized carbons (Fsp3) is 0.400. The summed E-state index contributed by atoms with van der Waals surface area (Å²) in [4.78, 5) is 5.10. The Morgan fingerprint density at radius 2 is 2.10 bits per heavy atom. The maximum Gasteiger partial charge on any atom is 0.161 e. The number of ether oxygens (including phenoxy) is 2. The lowest BCUT2D eigenvalue weighted by Gasteiger charge is -2.17. The van der Waals surface area contributed by atoms with Gasteiger partial charge in [-0.15, -0.1) is 11.3 Å². The van der Waals surface area contributed by atoms with Gasteiger partial charge in [0.05, 0.1) is 24.3 Å². The molecule has 2 N–H and O–H groups in total. The molecule has 0 saturated carbocycles. The van der Waals surface area contributed by atoms with Gasteiger partial charge in [-0.1, -0.05) is 6.07 Å². The van der Waals surface area contributed by atoms with Crippen LogP contribution in [-0.2, 0) is 0 Å². The van der Waals surface area contributed by atoms with Crippen molar-refractivity contribution in [2.24, 2.45) is 5.73 Å². The Morgan fingerprint density at radius 1 is 1.30 bits per heavy atom. The van der Waals surface area contributed by atoms with Crippen molar-refractivity contribution in [2.75, 3.05) is 6.61 Å². The molecule has 2 rings (SSSR count). The molecule has 1 aromatic heterocycles. The highest BCUT2D eigenvalue weighted by atomic mass is 32.1. The van der Waals surface area contributed by atoms with Crippen molar-refractivity contribution in [1.82, 2.24) is 4.98 Å². The second kappa shape index (κ2) is 6.72. The number of benzene rings is 1. The van der Waals surface area contributed by atoms with E-state index in [9.17, 15) is 0 Å². The predicted octanol–water partition coefficient (Wildman–Crippen LogP) is 3.38. The molecule has 1 atom stereocenters. The van der Waals surface area contributed by atoms with Gasteiger partial charge < -0.3 is 15.2 Å². The minimum atomic E-state index is -0.185. The zero-order valence-corrected chi connectivity index (χ0v) is 12.8. The molecule has 1 heterocycles. The fourth-order valence-electron chi connectivity index (χ4n) is 1.88. The number of nitrogens with zero attached hydrogens (tertiary/aromatic N) is 1. The standard InChI is InChI=1S/C15H20N2O2S/c1-4-18-13-7-11(5-6-12(13)19-10(2)3)15(16)14-8-17-9-20-14/h5-10,15H,4,16H2,1-3H3. The van der Waals surface area contributed by atoms with Crippen LogP contribution in [-0.4, -0.2) is 17.7 Å². The Balaban J connectivity index is 2.29. The molecule has 108 valence electrons. The Labute approximate surface area is 123 Å². The second-order valence-corrected chi connectivity index (χ2v) is 5.61. The summed E-state index contributed by atoms with van der Waals surface area (Å²) in [6.45, 7) is 6.53. The van der Waals surface area contributed by atoms with E-state index in [1.165, 1.54) is 0 Å². The van der Waals surface area contributed by atoms with Crippen LogP contribution in [0, 0.1) is 0 Å². The van der Waals surface area contributed by atoms with Crippen LogP contribution >= 0.6 is 11.3 Å². The molecule has 1 unspecified atom stereocenters. The maximum atomic E-state index is 6.25. The summed E-state index contributed by atoms with van der Waals surface area (Å²) in [5.74, 6) is 1.49. The fourth-order valence-corrected chi connectivity index (χ4v) is 2.53. The molecule has 4 nitrogen and oxygen atoms in total. The van der Waals surface area contributed by atoms with Crippen LogP contribution in [0.1, 0.15) is 37.3 Å². The highest BCUT2D eigenvalue weighted by molar-refractivity contribution is 7.09. The van der Waals surface area contributed by atoms with Gasteiger partial charge in [0.1, 0.15) is 0 Å². The second-order valence-electron chi connectivity index (χ2n) is 4.69. The Kier molecular flexibility index (Phi) is 4.98. The number of hydrogen-bond donors (Lipinski definition) is 1. The van der Waals surface area contributed by atoms with Gasteiger partial charge in [-0.2, -0.15) is 0 Å². The smallest absolute Gasteiger partial charge is 0.161 e. The van der Waals surface area contributed by atoms with Crippen molar-refractivity contribution in [3.63, 3.8) is 0 Å². The number of rotatable bonds is 6. The maximum absolute atomic E-state index is 6.25. The number of nitrogens with two attached hydrogens (primary N) is 1. The van der Waals surface area contributed by atoms with Crippen LogP contribution in [0.3, 0.4) is 0 Å². The van der Waals surface area contributed by atoms with Crippen molar-refractivity contribution >= 4 is 11.3 Å². The molecule has 5 heteroatoms. The van der Waals surface area contributed by atoms with Gasteiger partial charge in [-0.05, 0) is 38.5 Å². The normalized spacial score (nSPS) is 12.4. The van der Waals surface area contributed by atoms with Crippen LogP contribution in [0.2, 0.25) is 0 Å². The highest BCUT2D eigenvalue weighted by Gasteiger charge is 2.14. The van der Waals surface area contributed by atoms with Crippen LogP contribution in [0.25, 0.3) is 0 Å². The molecule has 0 radical (unpaired) electrons. The Hall–Kier alpha value is -1.59. The molecule has 0 bridgehead atoms. The third kappa shape index (κ3) is 3.49. The van der Waals surface area contributed by atoms with Gasteiger partial charge in [-0.25, -0.2) is 0 Å². The summed E-state index contributed by atoms with van der Waals surface area (Å²) >= 11 is 1.55. The highest BCUT2D eigenvalue weighted by Crippen LogP contribution is 2.33. The zero-order valence-electron chi connectivity index (χ0n) is 12.0. The third-order valence-corrected chi connectivity index (χ3v) is 3.61. The minimum absolute atomic E-state index is 0.107. The van der Waals surface area contributed by atoms with Crippen molar-refractivity contribution < 1.29 is 9.47 Å². The quantitative estimate of drug-likeness (QED) is 0.886. The first-order valence-corrected chi connectivity index (χ1v) is 7.57. The summed E-state index contributed by atoms with van der Waals surface area (Å²) in [5, 5.41) is 0. The van der Waals surface area contributed by atoms with Gasteiger partial charge in [0.15, 0.2) is 11.5 Å². The zero-order chi connectivity index (χ0) is 14.5. The molecule has 0 aliphatic rings. The molecule has 0 fully saturated rings. The summed E-state index contributed by atoms with van der Waals surface area (Å²) in [5.41, 5.74) is 9.03. The molecule has 0 amide bonds. The topological polar surface area (TPSA) is 57.4 Å². The van der Waals surface area contributed by atoms with Crippen molar-refractivity contribution in [3.05, 3.63) is 40.3 Å². The molecule has 1 aromatic carbocycles. The van der Waals surface area contributed by atoms with E-state index >= 15 is 0 Å². The lowest BCUT2D eigenvalue weighted by Crippen LogP contribution is -2.12. The van der Waals surface area contributed by atoms with E-state index in [4.69, 9.17) is 15.2 Å². The van der Waals surface area contributed by atoms with E-state index in [0.29, 0.717) is 6.61 Å². The molecular weight excluding hydrogens is 272 g/mol. The lowest BCUT2D eigenvalue weighted by atomic mass is 10.1. The van der Waals surface area contributed by atoms with Gasteiger partial charge in [0.25, 0.3) is 0 Å². The summed E-state index contributed by atoms with van der Waals surface area (Å²) in [6, 6.07) is 5.66. The van der Waals surface area contributed by atoms with E-state index in [0.717, 1.165) is 21.9 Å². The minimum Gasteiger partial charge on any atom is -0.490 e. The van der Waals surface area contributed by atoms with E-state index in [-0.39, 0.29) is 12.1 Å². The van der Waals surface area contributed by atoms with Gasteiger partial charge in [0, 0.05) is 11.1 Å². The molecule has 2 aromatic rings. The van der Waals surface area contributed by atoms with Crippen LogP contribution < -0.4 is 15.2 Å². The molecular formula is C15H20N2O2S. The average Bonchev–Trinajstić information content (AvgIpc) is 2.93. The summed E-state index contributed by atoms with van der Waals surface area (Å²) in [6.07, 6.45) is 1.91. The van der Waals surface area contributed by atoms with Crippen molar-refractivity contribution in [1.29, 1.82) is 0 Å². The summed E-state index contributed by atoms with van der Waals surface area (Å²) < 4.78 is 11.4. The lowest BCUT2D eigenvalue weighted by molar-refractivity contribution is 0.223. The molecule has 0 aliphatic heterocycles. The van der Waals surface area contributed by atoms with Gasteiger partial charge in [-0.3, -0.25) is 4.98 Å². The van der Waals surface area contributed by atoms with Crippen molar-refractivity contribution in [2.45, 2.75) is 32.9 Å². The molecule has 0 saturated heterocycles. The first-order valence-electron chi connectivity index (χ1n) is 6.69. The monoisotopic (exact) mass is 292 g/mol. The van der Waals surface area contributed by atoms with Crippen LogP contribution in [0.4, 0.5) is 0 Å². The number of aromatic nitrogens is 1. The third-order valence-electron chi connectivity index (χ3n) is 2.75. The summed E-state index contributed by atoms with van der Waals surface area (Å²) in [7, 11) is 0. The predicted molar refractivity (Wildman–Crippen MR) is 81.5 cm³/mol. The van der Waals surface area contributed by atoms with E-state index in [2.05, 4.69) is 4.98 Å². The molecule has 20 heavy (non-hydrogen) atoms. The van der Waals surface area contributed by atoms with Crippen LogP contribution in [0.15, 0.2) is 29.9 Å². The van der Waals surface area contributed by atoms with Gasteiger partial charge >= 0.3 is 0 Å². The Morgan fingerprint density at radius 3 is 2.70 bits per heavy atom. The Bertz CT molecular complexity index is 541. The molecule has 0 spiro atoms.